The highest BCUT2D eigenvalue weighted by Gasteiger charge is 2.20. The van der Waals surface area contributed by atoms with Gasteiger partial charge in [-0.15, -0.1) is 11.3 Å². The van der Waals surface area contributed by atoms with E-state index in [4.69, 9.17) is 23.2 Å². The highest BCUT2D eigenvalue weighted by Crippen LogP contribution is 2.27. The zero-order valence-corrected chi connectivity index (χ0v) is 22.5. The van der Waals surface area contributed by atoms with E-state index in [0.717, 1.165) is 23.4 Å². The number of aryl methyl sites for hydroxylation is 2. The molecule has 5 aromatic rings. The van der Waals surface area contributed by atoms with Gasteiger partial charge in [0.15, 0.2) is 4.96 Å². The Labute approximate surface area is 227 Å². The predicted octanol–water partition coefficient (Wildman–Crippen LogP) is 5.43. The molecule has 1 amide bonds. The summed E-state index contributed by atoms with van der Waals surface area (Å²) in [5, 5.41) is 10.3. The van der Waals surface area contributed by atoms with E-state index in [9.17, 15) is 9.59 Å². The quantitative estimate of drug-likeness (QED) is 0.292. The Hall–Kier alpha value is -3.46. The lowest BCUT2D eigenvalue weighted by Crippen LogP contribution is -2.29. The molecule has 2 aromatic carbocycles. The maximum Gasteiger partial charge on any atom is 0.268 e. The fourth-order valence-electron chi connectivity index (χ4n) is 4.22. The lowest BCUT2D eigenvalue weighted by atomic mass is 10.1. The van der Waals surface area contributed by atoms with E-state index >= 15 is 0 Å². The van der Waals surface area contributed by atoms with Crippen LogP contribution in [-0.4, -0.2) is 31.6 Å². The van der Waals surface area contributed by atoms with Crippen molar-refractivity contribution in [1.29, 1.82) is 0 Å². The summed E-state index contributed by atoms with van der Waals surface area (Å²) < 4.78 is 3.22. The molecule has 5 rings (SSSR count). The number of thiazole rings is 1. The molecule has 0 unspecified atom stereocenters. The van der Waals surface area contributed by atoms with Gasteiger partial charge < -0.3 is 5.32 Å². The molecular weight excluding hydrogens is 529 g/mol. The van der Waals surface area contributed by atoms with Crippen LogP contribution in [0.15, 0.2) is 64.8 Å². The van der Waals surface area contributed by atoms with Crippen LogP contribution in [-0.2, 0) is 17.6 Å². The Morgan fingerprint density at radius 1 is 1.05 bits per heavy atom. The van der Waals surface area contributed by atoms with Crippen molar-refractivity contribution in [2.24, 2.45) is 0 Å². The van der Waals surface area contributed by atoms with Gasteiger partial charge in [0.05, 0.1) is 33.4 Å². The molecule has 10 heteroatoms. The van der Waals surface area contributed by atoms with Gasteiger partial charge >= 0.3 is 0 Å². The first-order valence-corrected chi connectivity index (χ1v) is 13.3. The van der Waals surface area contributed by atoms with Gasteiger partial charge in [-0.1, -0.05) is 53.5 Å². The van der Waals surface area contributed by atoms with Gasteiger partial charge in [-0.25, -0.2) is 9.67 Å². The van der Waals surface area contributed by atoms with Crippen molar-refractivity contribution in [2.45, 2.75) is 26.7 Å². The Bertz CT molecular complexity index is 1670. The third kappa shape index (κ3) is 5.18. The first-order chi connectivity index (χ1) is 17.8. The van der Waals surface area contributed by atoms with Crippen LogP contribution in [0.4, 0.5) is 0 Å². The Balaban J connectivity index is 1.43. The molecule has 0 fully saturated rings. The summed E-state index contributed by atoms with van der Waals surface area (Å²) in [4.78, 5) is 31.5. The fraction of sp³-hybridized carbons (Fsp3) is 0.185. The second-order valence-electron chi connectivity index (χ2n) is 8.67. The van der Waals surface area contributed by atoms with Crippen LogP contribution >= 0.6 is 34.5 Å². The average molecular weight is 552 g/mol. The SMILES string of the molecule is Cc1nc2scc(CC(=O)NCCc3ccccc3)n2c(=O)c1-c1cc(C)n(-c2ccc(Cl)c(Cl)c2)n1. The van der Waals surface area contributed by atoms with Gasteiger partial charge in [0.2, 0.25) is 5.91 Å². The summed E-state index contributed by atoms with van der Waals surface area (Å²) in [6.07, 6.45) is 0.818. The molecule has 0 atom stereocenters. The predicted molar refractivity (Wildman–Crippen MR) is 148 cm³/mol. The van der Waals surface area contributed by atoms with Crippen molar-refractivity contribution in [2.75, 3.05) is 6.54 Å². The Morgan fingerprint density at radius 3 is 2.59 bits per heavy atom. The second kappa shape index (κ2) is 10.5. The van der Waals surface area contributed by atoms with Crippen molar-refractivity contribution >= 4 is 45.4 Å². The van der Waals surface area contributed by atoms with E-state index < -0.39 is 0 Å². The summed E-state index contributed by atoms with van der Waals surface area (Å²) >= 11 is 13.6. The highest BCUT2D eigenvalue weighted by atomic mass is 35.5. The van der Waals surface area contributed by atoms with Crippen LogP contribution in [0.2, 0.25) is 10.0 Å². The molecule has 0 bridgehead atoms. The van der Waals surface area contributed by atoms with Crippen LogP contribution in [0, 0.1) is 13.8 Å². The number of hydrogen-bond acceptors (Lipinski definition) is 5. The van der Waals surface area contributed by atoms with Crippen LogP contribution in [0.1, 0.15) is 22.6 Å². The Kier molecular flexibility index (Phi) is 7.15. The zero-order chi connectivity index (χ0) is 26.1. The summed E-state index contributed by atoms with van der Waals surface area (Å²) in [6, 6.07) is 17.0. The van der Waals surface area contributed by atoms with E-state index in [0.29, 0.717) is 44.2 Å². The molecule has 0 saturated carbocycles. The lowest BCUT2D eigenvalue weighted by molar-refractivity contribution is -0.120. The van der Waals surface area contributed by atoms with E-state index in [1.165, 1.54) is 15.7 Å². The average Bonchev–Trinajstić information content (AvgIpc) is 3.44. The Morgan fingerprint density at radius 2 is 1.84 bits per heavy atom. The minimum Gasteiger partial charge on any atom is -0.355 e. The standard InChI is InChI=1S/C27H23Cl2N5O2S/c1-16-12-23(32-34(16)19-8-9-21(28)22(29)13-19)25-17(2)31-27-33(26(25)36)20(15-37-27)14-24(35)30-11-10-18-6-4-3-5-7-18/h3-9,12-13,15H,10-11,14H2,1-2H3,(H,30,35). The topological polar surface area (TPSA) is 81.3 Å². The minimum atomic E-state index is -0.255. The summed E-state index contributed by atoms with van der Waals surface area (Å²) in [5.41, 5.74) is 4.51. The second-order valence-corrected chi connectivity index (χ2v) is 10.3. The molecule has 0 radical (unpaired) electrons. The van der Waals surface area contributed by atoms with Crippen LogP contribution in [0.3, 0.4) is 0 Å². The van der Waals surface area contributed by atoms with E-state index in [1.54, 1.807) is 23.7 Å². The highest BCUT2D eigenvalue weighted by molar-refractivity contribution is 7.15. The molecule has 0 saturated heterocycles. The largest absolute Gasteiger partial charge is 0.355 e. The first-order valence-electron chi connectivity index (χ1n) is 11.6. The summed E-state index contributed by atoms with van der Waals surface area (Å²) in [5.74, 6) is -0.149. The molecule has 1 N–H and O–H groups in total. The van der Waals surface area contributed by atoms with Crippen LogP contribution in [0.25, 0.3) is 21.9 Å². The van der Waals surface area contributed by atoms with Gasteiger partial charge in [0, 0.05) is 23.3 Å². The summed E-state index contributed by atoms with van der Waals surface area (Å²) in [6.45, 7) is 4.21. The number of carbonyl (C=O) groups is 1. The van der Waals surface area contributed by atoms with Crippen molar-refractivity contribution in [3.05, 3.63) is 103 Å². The first kappa shape index (κ1) is 25.2. The number of nitrogens with one attached hydrogen (secondary N) is 1. The maximum atomic E-state index is 13.7. The third-order valence-electron chi connectivity index (χ3n) is 6.03. The van der Waals surface area contributed by atoms with Crippen LogP contribution in [0.5, 0.6) is 0 Å². The summed E-state index contributed by atoms with van der Waals surface area (Å²) in [7, 11) is 0. The molecule has 3 aromatic heterocycles. The molecule has 7 nitrogen and oxygen atoms in total. The number of nitrogens with zero attached hydrogens (tertiary/aromatic N) is 4. The van der Waals surface area contributed by atoms with Crippen molar-refractivity contribution in [3.63, 3.8) is 0 Å². The number of benzene rings is 2. The van der Waals surface area contributed by atoms with Crippen molar-refractivity contribution in [3.8, 4) is 16.9 Å². The zero-order valence-electron chi connectivity index (χ0n) is 20.2. The number of carbonyl (C=O) groups excluding carboxylic acids is 1. The van der Waals surface area contributed by atoms with Gasteiger partial charge in [0.25, 0.3) is 5.56 Å². The minimum absolute atomic E-state index is 0.0790. The van der Waals surface area contributed by atoms with E-state index in [-0.39, 0.29) is 17.9 Å². The maximum absolute atomic E-state index is 13.7. The molecule has 0 spiro atoms. The van der Waals surface area contributed by atoms with Gasteiger partial charge in [-0.05, 0) is 50.1 Å². The van der Waals surface area contributed by atoms with Crippen LogP contribution < -0.4 is 10.9 Å². The number of halogens is 2. The van der Waals surface area contributed by atoms with Gasteiger partial charge in [-0.2, -0.15) is 5.10 Å². The molecule has 188 valence electrons. The molecule has 37 heavy (non-hydrogen) atoms. The number of fused-ring (bicyclic) bond motifs is 1. The molecule has 0 aliphatic carbocycles. The van der Waals surface area contributed by atoms with E-state index in [2.05, 4.69) is 15.4 Å². The lowest BCUT2D eigenvalue weighted by Gasteiger charge is -2.08. The molecule has 0 aliphatic rings. The molecule has 0 aliphatic heterocycles. The number of hydrogen-bond donors (Lipinski definition) is 1. The molecule has 3 heterocycles. The smallest absolute Gasteiger partial charge is 0.268 e. The number of rotatable bonds is 7. The fourth-order valence-corrected chi connectivity index (χ4v) is 5.43. The monoisotopic (exact) mass is 551 g/mol. The van der Waals surface area contributed by atoms with Crippen molar-refractivity contribution < 1.29 is 4.79 Å². The number of amides is 1. The van der Waals surface area contributed by atoms with Gasteiger partial charge in [-0.3, -0.25) is 14.0 Å². The van der Waals surface area contributed by atoms with E-state index in [1.807, 2.05) is 54.8 Å². The number of aromatic nitrogens is 4. The van der Waals surface area contributed by atoms with Crippen molar-refractivity contribution in [1.82, 2.24) is 24.5 Å². The third-order valence-corrected chi connectivity index (χ3v) is 7.65. The normalized spacial score (nSPS) is 11.2. The molecular formula is C27H23Cl2N5O2S. The van der Waals surface area contributed by atoms with Gasteiger partial charge in [0.1, 0.15) is 5.69 Å².